The van der Waals surface area contributed by atoms with Crippen molar-refractivity contribution in [3.05, 3.63) is 102 Å². The number of rotatable bonds is 7. The van der Waals surface area contributed by atoms with E-state index in [4.69, 9.17) is 21.7 Å². The van der Waals surface area contributed by atoms with E-state index >= 15 is 0 Å². The normalized spacial score (nSPS) is 16.5. The zero-order valence-corrected chi connectivity index (χ0v) is 22.4. The lowest BCUT2D eigenvalue weighted by Gasteiger charge is -2.29. The maximum Gasteiger partial charge on any atom is 0.339 e. The zero-order valence-electron chi connectivity index (χ0n) is 21.6. The molecule has 2 N–H and O–H groups in total. The van der Waals surface area contributed by atoms with Gasteiger partial charge in [-0.3, -0.25) is 9.78 Å². The van der Waals surface area contributed by atoms with Crippen LogP contribution in [-0.4, -0.2) is 40.8 Å². The monoisotopic (exact) mass is 541 g/mol. The van der Waals surface area contributed by atoms with Gasteiger partial charge in [-0.05, 0) is 66.8 Å². The Bertz CT molecular complexity index is 1540. The topological polar surface area (TPSA) is 97.7 Å². The van der Waals surface area contributed by atoms with Crippen LogP contribution in [0.4, 0.5) is 11.4 Å². The lowest BCUT2D eigenvalue weighted by atomic mass is 10.00. The maximum atomic E-state index is 12.6. The molecule has 2 aromatic carbocycles. The second-order valence-electron chi connectivity index (χ2n) is 8.87. The van der Waals surface area contributed by atoms with E-state index in [-0.39, 0.29) is 18.0 Å². The molecule has 0 bridgehead atoms. The third-order valence-electron chi connectivity index (χ3n) is 6.52. The molecule has 1 aliphatic heterocycles. The fourth-order valence-corrected chi connectivity index (χ4v) is 5.23. The summed E-state index contributed by atoms with van der Waals surface area (Å²) < 4.78 is 12.5. The number of hydrogen-bond donors (Lipinski definition) is 2. The number of para-hydroxylation sites is 1. The summed E-state index contributed by atoms with van der Waals surface area (Å²) in [5.74, 6) is -0.123. The van der Waals surface area contributed by atoms with E-state index in [9.17, 15) is 9.59 Å². The van der Waals surface area contributed by atoms with Gasteiger partial charge in [-0.2, -0.15) is 0 Å². The number of esters is 1. The molecule has 4 aromatic rings. The largest absolute Gasteiger partial charge is 0.495 e. The van der Waals surface area contributed by atoms with Crippen LogP contribution in [0.5, 0.6) is 5.75 Å². The first-order chi connectivity index (χ1) is 18.9. The maximum absolute atomic E-state index is 12.6. The van der Waals surface area contributed by atoms with Crippen LogP contribution >= 0.6 is 12.2 Å². The number of ether oxygens (including phenoxy) is 2. The van der Waals surface area contributed by atoms with Crippen molar-refractivity contribution in [3.8, 4) is 11.4 Å². The minimum atomic E-state index is -0.432. The highest BCUT2D eigenvalue weighted by Gasteiger charge is 2.42. The quantitative estimate of drug-likeness (QED) is 0.254. The lowest BCUT2D eigenvalue weighted by Crippen LogP contribution is -2.30. The molecule has 1 fully saturated rings. The third kappa shape index (κ3) is 4.94. The Morgan fingerprint density at radius 1 is 1.03 bits per heavy atom. The van der Waals surface area contributed by atoms with Crippen LogP contribution < -0.4 is 20.3 Å². The SMILES string of the molecule is COC(=O)c1ccccc1-n1cccc1[C@H]1[C@@H](c2ccccn2)NC(=S)N1c1ccc(OC)c(NC(C)=O)c1. The first kappa shape index (κ1) is 25.9. The van der Waals surface area contributed by atoms with E-state index in [1.54, 1.807) is 31.5 Å². The van der Waals surface area contributed by atoms with Gasteiger partial charge in [-0.15, -0.1) is 0 Å². The smallest absolute Gasteiger partial charge is 0.339 e. The van der Waals surface area contributed by atoms with E-state index in [0.29, 0.717) is 27.8 Å². The fourth-order valence-electron chi connectivity index (χ4n) is 4.89. The number of thiocarbonyl (C=S) groups is 1. The molecule has 5 rings (SSSR count). The average Bonchev–Trinajstić information content (AvgIpc) is 3.57. The van der Waals surface area contributed by atoms with Gasteiger partial charge >= 0.3 is 5.97 Å². The standard InChI is InChI=1S/C29H27N5O4S/c1-18(35)31-22-17-19(13-14-25(22)37-2)34-27(26(32-29(34)39)21-10-6-7-15-30-21)24-12-8-16-33(24)23-11-5-4-9-20(23)28(36)38-3/h4-17,26-27H,1-3H3,(H,31,35)(H,32,39)/t26-,27+/m1/s1. The van der Waals surface area contributed by atoms with Crippen molar-refractivity contribution < 1.29 is 19.1 Å². The van der Waals surface area contributed by atoms with Gasteiger partial charge in [0.15, 0.2) is 5.11 Å². The molecule has 1 saturated heterocycles. The molecular formula is C29H27N5O4S. The number of aromatic nitrogens is 2. The van der Waals surface area contributed by atoms with Crippen LogP contribution in [0, 0.1) is 0 Å². The molecule has 0 aliphatic carbocycles. The summed E-state index contributed by atoms with van der Waals surface area (Å²) in [6.45, 7) is 1.44. The number of hydrogen-bond acceptors (Lipinski definition) is 6. The van der Waals surface area contributed by atoms with Crippen molar-refractivity contribution in [2.75, 3.05) is 24.4 Å². The van der Waals surface area contributed by atoms with E-state index in [1.807, 2.05) is 70.3 Å². The highest BCUT2D eigenvalue weighted by molar-refractivity contribution is 7.80. The number of nitrogens with zero attached hydrogens (tertiary/aromatic N) is 3. The van der Waals surface area contributed by atoms with Gasteiger partial charge < -0.3 is 29.6 Å². The van der Waals surface area contributed by atoms with Crippen LogP contribution in [0.2, 0.25) is 0 Å². The molecule has 9 nitrogen and oxygen atoms in total. The van der Waals surface area contributed by atoms with Crippen LogP contribution in [0.25, 0.3) is 5.69 Å². The van der Waals surface area contributed by atoms with E-state index in [0.717, 1.165) is 17.1 Å². The van der Waals surface area contributed by atoms with Gasteiger partial charge in [0, 0.05) is 30.7 Å². The first-order valence-electron chi connectivity index (χ1n) is 12.2. The number of methoxy groups -OCH3 is 2. The van der Waals surface area contributed by atoms with Crippen molar-refractivity contribution in [1.29, 1.82) is 0 Å². The Balaban J connectivity index is 1.69. The van der Waals surface area contributed by atoms with Gasteiger partial charge in [-0.1, -0.05) is 18.2 Å². The van der Waals surface area contributed by atoms with Gasteiger partial charge in [0.25, 0.3) is 0 Å². The summed E-state index contributed by atoms with van der Waals surface area (Å²) in [4.78, 5) is 31.2. The van der Waals surface area contributed by atoms with Gasteiger partial charge in [0.2, 0.25) is 5.91 Å². The minimum absolute atomic E-state index is 0.219. The zero-order chi connectivity index (χ0) is 27.5. The molecule has 1 aliphatic rings. The molecule has 0 spiro atoms. The summed E-state index contributed by atoms with van der Waals surface area (Å²) >= 11 is 5.87. The van der Waals surface area contributed by atoms with Crippen molar-refractivity contribution in [2.45, 2.75) is 19.0 Å². The number of carbonyl (C=O) groups is 2. The molecule has 0 saturated carbocycles. The van der Waals surface area contributed by atoms with Gasteiger partial charge in [0.1, 0.15) is 11.8 Å². The summed E-state index contributed by atoms with van der Waals surface area (Å²) in [7, 11) is 2.91. The summed E-state index contributed by atoms with van der Waals surface area (Å²) in [5.41, 5.74) is 4.05. The van der Waals surface area contributed by atoms with Crippen molar-refractivity contribution in [1.82, 2.24) is 14.9 Å². The predicted octanol–water partition coefficient (Wildman–Crippen LogP) is 4.80. The Morgan fingerprint density at radius 3 is 2.54 bits per heavy atom. The van der Waals surface area contributed by atoms with Gasteiger partial charge in [0.05, 0.1) is 42.9 Å². The number of anilines is 2. The number of benzene rings is 2. The van der Waals surface area contributed by atoms with Crippen LogP contribution in [0.1, 0.15) is 40.8 Å². The minimum Gasteiger partial charge on any atom is -0.495 e. The van der Waals surface area contributed by atoms with E-state index < -0.39 is 5.97 Å². The first-order valence-corrected chi connectivity index (χ1v) is 12.6. The Morgan fingerprint density at radius 2 is 1.82 bits per heavy atom. The summed E-state index contributed by atoms with van der Waals surface area (Å²) in [6.07, 6.45) is 3.65. The molecule has 2 atom stereocenters. The van der Waals surface area contributed by atoms with Crippen molar-refractivity contribution in [2.24, 2.45) is 0 Å². The molecular weight excluding hydrogens is 514 g/mol. The number of pyridine rings is 1. The molecule has 39 heavy (non-hydrogen) atoms. The van der Waals surface area contributed by atoms with Crippen LogP contribution in [-0.2, 0) is 9.53 Å². The average molecular weight is 542 g/mol. The molecule has 198 valence electrons. The van der Waals surface area contributed by atoms with Gasteiger partial charge in [-0.25, -0.2) is 4.79 Å². The van der Waals surface area contributed by atoms with Crippen LogP contribution in [0.3, 0.4) is 0 Å². The fraction of sp³-hybridized carbons (Fsp3) is 0.172. The lowest BCUT2D eigenvalue weighted by molar-refractivity contribution is -0.114. The highest BCUT2D eigenvalue weighted by Crippen LogP contribution is 2.44. The molecule has 10 heteroatoms. The summed E-state index contributed by atoms with van der Waals surface area (Å²) in [6, 6.07) is 21.8. The molecule has 0 radical (unpaired) electrons. The second-order valence-corrected chi connectivity index (χ2v) is 9.26. The number of amides is 1. The van der Waals surface area contributed by atoms with Crippen molar-refractivity contribution in [3.63, 3.8) is 0 Å². The van der Waals surface area contributed by atoms with E-state index in [2.05, 4.69) is 15.6 Å². The van der Waals surface area contributed by atoms with Crippen LogP contribution in [0.15, 0.2) is 85.2 Å². The summed E-state index contributed by atoms with van der Waals surface area (Å²) in [5, 5.41) is 6.77. The number of carbonyl (C=O) groups excluding carboxylic acids is 2. The molecule has 1 amide bonds. The van der Waals surface area contributed by atoms with E-state index in [1.165, 1.54) is 14.0 Å². The second kappa shape index (κ2) is 11.0. The Hall–Kier alpha value is -4.70. The molecule has 0 unspecified atom stereocenters. The number of nitrogens with one attached hydrogen (secondary N) is 2. The highest BCUT2D eigenvalue weighted by atomic mass is 32.1. The molecule has 3 heterocycles. The molecule has 2 aromatic heterocycles. The predicted molar refractivity (Wildman–Crippen MR) is 152 cm³/mol. The van der Waals surface area contributed by atoms with Crippen molar-refractivity contribution >= 4 is 40.6 Å². The third-order valence-corrected chi connectivity index (χ3v) is 6.84. The Kier molecular flexibility index (Phi) is 7.29. The Labute approximate surface area is 231 Å².